The van der Waals surface area contributed by atoms with E-state index in [9.17, 15) is 0 Å². The third-order valence-corrected chi connectivity index (χ3v) is 10.2. The van der Waals surface area contributed by atoms with Gasteiger partial charge in [0.1, 0.15) is 0 Å². The maximum absolute atomic E-state index is 2.59. The number of hydrogen-bond donors (Lipinski definition) is 0. The summed E-state index contributed by atoms with van der Waals surface area (Å²) in [6, 6.07) is 54.1. The Morgan fingerprint density at radius 1 is 0.444 bits per heavy atom. The first-order valence-electron chi connectivity index (χ1n) is 16.5. The van der Waals surface area contributed by atoms with Gasteiger partial charge in [0.15, 0.2) is 0 Å². The van der Waals surface area contributed by atoms with Gasteiger partial charge in [-0.1, -0.05) is 116 Å². The van der Waals surface area contributed by atoms with Gasteiger partial charge < -0.3 is 9.80 Å². The van der Waals surface area contributed by atoms with Crippen LogP contribution in [-0.2, 0) is 0 Å². The van der Waals surface area contributed by atoms with Gasteiger partial charge in [-0.15, -0.1) is 0 Å². The highest BCUT2D eigenvalue weighted by Crippen LogP contribution is 2.45. The number of para-hydroxylation sites is 2. The standard InChI is InChI=1S/C42H35BN2/c1-5-14-30(15-6-1)32-24-26-38-36(28-32)43-37-29-33(31-16-7-2-8-17-31)25-27-39(37)45(35-20-11-4-12-21-35)41-23-13-22-40(42(41)43)44(38)34-18-9-3-10-19-34/h1,3-6,9-15,18-29,31H,2,7-8,16-17H2. The molecule has 0 bridgehead atoms. The molecule has 2 heterocycles. The van der Waals surface area contributed by atoms with Crippen molar-refractivity contribution in [1.29, 1.82) is 0 Å². The topological polar surface area (TPSA) is 6.48 Å². The van der Waals surface area contributed by atoms with Crippen LogP contribution in [-0.4, -0.2) is 6.71 Å². The second-order valence-corrected chi connectivity index (χ2v) is 12.8. The Balaban J connectivity index is 1.34. The Hall–Kier alpha value is -5.02. The highest BCUT2D eigenvalue weighted by Gasteiger charge is 2.43. The highest BCUT2D eigenvalue weighted by molar-refractivity contribution is 7.00. The van der Waals surface area contributed by atoms with Gasteiger partial charge in [-0.2, -0.15) is 0 Å². The molecule has 1 saturated carbocycles. The Morgan fingerprint density at radius 3 is 1.62 bits per heavy atom. The summed E-state index contributed by atoms with van der Waals surface area (Å²) in [7, 11) is 0. The molecule has 2 aliphatic heterocycles. The molecule has 6 aromatic carbocycles. The fraction of sp³-hybridized carbons (Fsp3) is 0.143. The van der Waals surface area contributed by atoms with Crippen molar-refractivity contribution in [3.05, 3.63) is 151 Å². The lowest BCUT2D eigenvalue weighted by Gasteiger charge is -2.44. The van der Waals surface area contributed by atoms with Crippen molar-refractivity contribution in [2.24, 2.45) is 0 Å². The van der Waals surface area contributed by atoms with Gasteiger partial charge in [0.25, 0.3) is 6.71 Å². The van der Waals surface area contributed by atoms with Crippen molar-refractivity contribution < 1.29 is 0 Å². The maximum Gasteiger partial charge on any atom is 0.252 e. The van der Waals surface area contributed by atoms with E-state index >= 15 is 0 Å². The van der Waals surface area contributed by atoms with Gasteiger partial charge in [-0.05, 0) is 100 Å². The minimum atomic E-state index is 0.133. The van der Waals surface area contributed by atoms with Crippen LogP contribution in [0, 0.1) is 0 Å². The average molecular weight is 579 g/mol. The van der Waals surface area contributed by atoms with Crippen LogP contribution < -0.4 is 26.2 Å². The Bertz CT molecular complexity index is 1980. The molecule has 216 valence electrons. The predicted molar refractivity (Wildman–Crippen MR) is 192 cm³/mol. The third-order valence-electron chi connectivity index (χ3n) is 10.2. The molecular formula is C42H35BN2. The van der Waals surface area contributed by atoms with Gasteiger partial charge in [0.05, 0.1) is 0 Å². The van der Waals surface area contributed by atoms with E-state index in [2.05, 4.69) is 155 Å². The van der Waals surface area contributed by atoms with E-state index in [4.69, 9.17) is 0 Å². The number of benzene rings is 6. The SMILES string of the molecule is c1ccc(-c2ccc3c(c2)B2c4cc(C5CCCCC5)ccc4N(c4ccccc4)c4cccc(c42)N3c2ccccc2)cc1. The van der Waals surface area contributed by atoms with Gasteiger partial charge >= 0.3 is 0 Å². The van der Waals surface area contributed by atoms with Crippen molar-refractivity contribution in [2.75, 3.05) is 9.80 Å². The lowest BCUT2D eigenvalue weighted by molar-refractivity contribution is 0.444. The van der Waals surface area contributed by atoms with Gasteiger partial charge in [0.2, 0.25) is 0 Å². The zero-order valence-corrected chi connectivity index (χ0v) is 25.4. The molecule has 0 atom stereocenters. The Labute approximate surface area is 266 Å². The Kier molecular flexibility index (Phi) is 6.37. The van der Waals surface area contributed by atoms with E-state index in [0.29, 0.717) is 5.92 Å². The number of hydrogen-bond acceptors (Lipinski definition) is 2. The van der Waals surface area contributed by atoms with Crippen LogP contribution in [0.15, 0.2) is 146 Å². The van der Waals surface area contributed by atoms with Gasteiger partial charge in [-0.3, -0.25) is 0 Å². The van der Waals surface area contributed by atoms with Crippen LogP contribution >= 0.6 is 0 Å². The van der Waals surface area contributed by atoms with Gasteiger partial charge in [0, 0.05) is 34.1 Å². The molecule has 45 heavy (non-hydrogen) atoms. The van der Waals surface area contributed by atoms with Crippen molar-refractivity contribution in [1.82, 2.24) is 0 Å². The van der Waals surface area contributed by atoms with Crippen LogP contribution in [0.3, 0.4) is 0 Å². The molecule has 0 spiro atoms. The second-order valence-electron chi connectivity index (χ2n) is 12.8. The highest BCUT2D eigenvalue weighted by atomic mass is 15.2. The molecule has 0 N–H and O–H groups in total. The van der Waals surface area contributed by atoms with Crippen LogP contribution in [0.25, 0.3) is 11.1 Å². The molecule has 0 aromatic heterocycles. The smallest absolute Gasteiger partial charge is 0.252 e. The molecule has 1 fully saturated rings. The zero-order valence-electron chi connectivity index (χ0n) is 25.4. The molecule has 0 amide bonds. The largest absolute Gasteiger partial charge is 0.311 e. The van der Waals surface area contributed by atoms with Crippen LogP contribution in [0.5, 0.6) is 0 Å². The van der Waals surface area contributed by atoms with E-state index in [1.807, 2.05) is 0 Å². The Morgan fingerprint density at radius 2 is 1.00 bits per heavy atom. The van der Waals surface area contributed by atoms with Crippen molar-refractivity contribution in [2.45, 2.75) is 38.0 Å². The third kappa shape index (κ3) is 4.33. The molecule has 3 aliphatic rings. The fourth-order valence-electron chi connectivity index (χ4n) is 8.17. The van der Waals surface area contributed by atoms with E-state index in [1.165, 1.54) is 99.3 Å². The molecule has 3 heteroatoms. The van der Waals surface area contributed by atoms with Gasteiger partial charge in [-0.25, -0.2) is 0 Å². The monoisotopic (exact) mass is 578 g/mol. The first-order chi connectivity index (χ1) is 22.3. The van der Waals surface area contributed by atoms with Crippen molar-refractivity contribution >= 4 is 57.2 Å². The summed E-state index contributed by atoms with van der Waals surface area (Å²) in [6.45, 7) is 0.133. The van der Waals surface area contributed by atoms with E-state index in [-0.39, 0.29) is 6.71 Å². The molecule has 1 aliphatic carbocycles. The molecule has 0 saturated heterocycles. The summed E-state index contributed by atoms with van der Waals surface area (Å²) in [5.41, 5.74) is 15.7. The number of fused-ring (bicyclic) bond motifs is 4. The molecule has 9 rings (SSSR count). The lowest BCUT2D eigenvalue weighted by atomic mass is 9.33. The first kappa shape index (κ1) is 26.4. The van der Waals surface area contributed by atoms with Crippen molar-refractivity contribution in [3.8, 4) is 11.1 Å². The molecule has 0 unspecified atom stereocenters. The summed E-state index contributed by atoms with van der Waals surface area (Å²) < 4.78 is 0. The first-order valence-corrected chi connectivity index (χ1v) is 16.5. The molecule has 2 nitrogen and oxygen atoms in total. The summed E-state index contributed by atoms with van der Waals surface area (Å²) >= 11 is 0. The van der Waals surface area contributed by atoms with E-state index < -0.39 is 0 Å². The van der Waals surface area contributed by atoms with Crippen LogP contribution in [0.1, 0.15) is 43.6 Å². The molecular weight excluding hydrogens is 543 g/mol. The number of rotatable bonds is 4. The minimum absolute atomic E-state index is 0.133. The fourth-order valence-corrected chi connectivity index (χ4v) is 8.17. The quantitative estimate of drug-likeness (QED) is 0.192. The summed E-state index contributed by atoms with van der Waals surface area (Å²) in [5.74, 6) is 0.644. The average Bonchev–Trinajstić information content (AvgIpc) is 3.12. The number of nitrogens with zero attached hydrogens (tertiary/aromatic N) is 2. The van der Waals surface area contributed by atoms with E-state index in [1.54, 1.807) is 0 Å². The summed E-state index contributed by atoms with van der Waals surface area (Å²) in [4.78, 5) is 4.99. The van der Waals surface area contributed by atoms with Crippen LogP contribution in [0.4, 0.5) is 34.1 Å². The zero-order chi connectivity index (χ0) is 29.7. The predicted octanol–water partition coefficient (Wildman–Crippen LogP) is 9.48. The normalized spacial score (nSPS) is 15.3. The summed E-state index contributed by atoms with van der Waals surface area (Å²) in [6.07, 6.45) is 6.63. The van der Waals surface area contributed by atoms with Crippen molar-refractivity contribution in [3.63, 3.8) is 0 Å². The second kappa shape index (κ2) is 10.9. The molecule has 6 aromatic rings. The maximum atomic E-state index is 2.59. The lowest BCUT2D eigenvalue weighted by Crippen LogP contribution is -2.61. The minimum Gasteiger partial charge on any atom is -0.311 e. The molecule has 0 radical (unpaired) electrons. The van der Waals surface area contributed by atoms with E-state index in [0.717, 1.165) is 0 Å². The summed E-state index contributed by atoms with van der Waals surface area (Å²) in [5, 5.41) is 0. The van der Waals surface area contributed by atoms with Crippen LogP contribution in [0.2, 0.25) is 0 Å². The number of anilines is 6.